The van der Waals surface area contributed by atoms with Crippen molar-refractivity contribution in [2.45, 2.75) is 12.8 Å². The van der Waals surface area contributed by atoms with Gasteiger partial charge in [0.1, 0.15) is 0 Å². The molecule has 4 N–H and O–H groups in total. The number of primary amides is 1. The minimum Gasteiger partial charge on any atom is -0.397 e. The number of nitrogen functional groups attached to an aromatic ring is 1. The zero-order chi connectivity index (χ0) is 13.1. The van der Waals surface area contributed by atoms with Crippen molar-refractivity contribution in [2.75, 3.05) is 18.8 Å². The number of aromatic nitrogens is 1. The lowest BCUT2D eigenvalue weighted by atomic mass is 9.96. The first-order valence-electron chi connectivity index (χ1n) is 5.87. The van der Waals surface area contributed by atoms with Gasteiger partial charge >= 0.3 is 0 Å². The quantitative estimate of drug-likeness (QED) is 0.769. The lowest BCUT2D eigenvalue weighted by Gasteiger charge is -2.30. The normalized spacial score (nSPS) is 16.6. The van der Waals surface area contributed by atoms with E-state index in [4.69, 9.17) is 11.5 Å². The van der Waals surface area contributed by atoms with Gasteiger partial charge in [0.2, 0.25) is 5.91 Å². The summed E-state index contributed by atoms with van der Waals surface area (Å²) in [5, 5.41) is 0. The van der Waals surface area contributed by atoms with Gasteiger partial charge in [0, 0.05) is 31.4 Å². The molecule has 1 aromatic heterocycles. The maximum atomic E-state index is 12.1. The first-order valence-corrected chi connectivity index (χ1v) is 5.87. The Morgan fingerprint density at radius 2 is 1.94 bits per heavy atom. The number of pyridine rings is 1. The Morgan fingerprint density at radius 1 is 1.28 bits per heavy atom. The van der Waals surface area contributed by atoms with Crippen LogP contribution in [0.3, 0.4) is 0 Å². The van der Waals surface area contributed by atoms with Crippen LogP contribution in [-0.2, 0) is 4.79 Å². The Bertz CT molecular complexity index is 467. The zero-order valence-corrected chi connectivity index (χ0v) is 10.0. The molecule has 0 bridgehead atoms. The second kappa shape index (κ2) is 5.03. The van der Waals surface area contributed by atoms with Gasteiger partial charge in [0.15, 0.2) is 0 Å². The molecule has 1 aliphatic rings. The molecule has 0 atom stereocenters. The van der Waals surface area contributed by atoms with Gasteiger partial charge in [-0.3, -0.25) is 14.6 Å². The molecule has 1 aromatic rings. The van der Waals surface area contributed by atoms with Crippen molar-refractivity contribution in [2.24, 2.45) is 11.7 Å². The third kappa shape index (κ3) is 2.58. The first kappa shape index (κ1) is 12.3. The smallest absolute Gasteiger partial charge is 0.255 e. The lowest BCUT2D eigenvalue weighted by molar-refractivity contribution is -0.123. The highest BCUT2D eigenvalue weighted by Crippen LogP contribution is 2.18. The fraction of sp³-hybridized carbons (Fsp3) is 0.417. The number of anilines is 1. The Morgan fingerprint density at radius 3 is 2.50 bits per heavy atom. The average Bonchev–Trinajstić information content (AvgIpc) is 2.38. The van der Waals surface area contributed by atoms with Gasteiger partial charge in [0.05, 0.1) is 11.3 Å². The highest BCUT2D eigenvalue weighted by atomic mass is 16.2. The lowest BCUT2D eigenvalue weighted by Crippen LogP contribution is -2.41. The summed E-state index contributed by atoms with van der Waals surface area (Å²) in [4.78, 5) is 28.8. The van der Waals surface area contributed by atoms with E-state index in [1.165, 1.54) is 12.4 Å². The van der Waals surface area contributed by atoms with Crippen molar-refractivity contribution in [3.63, 3.8) is 0 Å². The molecule has 0 spiro atoms. The van der Waals surface area contributed by atoms with E-state index in [9.17, 15) is 9.59 Å². The van der Waals surface area contributed by atoms with Crippen LogP contribution in [0, 0.1) is 5.92 Å². The Hall–Kier alpha value is -2.11. The molecule has 0 radical (unpaired) electrons. The van der Waals surface area contributed by atoms with E-state index in [0.717, 1.165) is 0 Å². The number of hydrogen-bond acceptors (Lipinski definition) is 4. The van der Waals surface area contributed by atoms with Gasteiger partial charge < -0.3 is 16.4 Å². The van der Waals surface area contributed by atoms with Gasteiger partial charge in [-0.05, 0) is 18.9 Å². The average molecular weight is 248 g/mol. The van der Waals surface area contributed by atoms with Gasteiger partial charge in [-0.25, -0.2) is 0 Å². The Kier molecular flexibility index (Phi) is 3.45. The number of hydrogen-bond donors (Lipinski definition) is 2. The molecule has 0 aromatic carbocycles. The minimum absolute atomic E-state index is 0.0993. The number of likely N-dealkylation sites (tertiary alicyclic amines) is 1. The highest BCUT2D eigenvalue weighted by Gasteiger charge is 2.26. The highest BCUT2D eigenvalue weighted by molar-refractivity contribution is 5.94. The molecule has 0 unspecified atom stereocenters. The number of carbonyl (C=O) groups excluding carboxylic acids is 2. The summed E-state index contributed by atoms with van der Waals surface area (Å²) in [5.74, 6) is -0.501. The number of piperidine rings is 1. The van der Waals surface area contributed by atoms with E-state index >= 15 is 0 Å². The second-order valence-corrected chi connectivity index (χ2v) is 4.48. The monoisotopic (exact) mass is 248 g/mol. The number of carbonyl (C=O) groups is 2. The van der Waals surface area contributed by atoms with E-state index in [1.54, 1.807) is 11.0 Å². The van der Waals surface area contributed by atoms with E-state index < -0.39 is 0 Å². The van der Waals surface area contributed by atoms with Crippen molar-refractivity contribution in [1.82, 2.24) is 9.88 Å². The number of rotatable bonds is 2. The van der Waals surface area contributed by atoms with E-state index in [0.29, 0.717) is 37.2 Å². The summed E-state index contributed by atoms with van der Waals surface area (Å²) >= 11 is 0. The predicted molar refractivity (Wildman–Crippen MR) is 66.5 cm³/mol. The molecular formula is C12H16N4O2. The largest absolute Gasteiger partial charge is 0.397 e. The topological polar surface area (TPSA) is 102 Å². The van der Waals surface area contributed by atoms with E-state index in [1.807, 2.05) is 0 Å². The number of nitrogens with zero attached hydrogens (tertiary/aromatic N) is 2. The second-order valence-electron chi connectivity index (χ2n) is 4.48. The van der Waals surface area contributed by atoms with Crippen molar-refractivity contribution < 1.29 is 9.59 Å². The van der Waals surface area contributed by atoms with Gasteiger partial charge in [0.25, 0.3) is 5.91 Å². The Balaban J connectivity index is 2.02. The molecule has 2 amide bonds. The number of amides is 2. The summed E-state index contributed by atoms with van der Waals surface area (Å²) in [7, 11) is 0. The van der Waals surface area contributed by atoms with Crippen molar-refractivity contribution in [3.8, 4) is 0 Å². The van der Waals surface area contributed by atoms with Crippen molar-refractivity contribution in [3.05, 3.63) is 24.0 Å². The van der Waals surface area contributed by atoms with Gasteiger partial charge in [-0.1, -0.05) is 0 Å². The van der Waals surface area contributed by atoms with Crippen LogP contribution in [0.25, 0.3) is 0 Å². The predicted octanol–water partition coefficient (Wildman–Crippen LogP) is 0.00130. The Labute approximate surface area is 105 Å². The molecule has 0 saturated carbocycles. The van der Waals surface area contributed by atoms with Crippen LogP contribution in [0.1, 0.15) is 23.2 Å². The molecule has 1 aliphatic heterocycles. The van der Waals surface area contributed by atoms with Gasteiger partial charge in [-0.15, -0.1) is 0 Å². The molecule has 1 saturated heterocycles. The fourth-order valence-corrected chi connectivity index (χ4v) is 2.12. The van der Waals surface area contributed by atoms with Crippen LogP contribution in [0.15, 0.2) is 18.5 Å². The van der Waals surface area contributed by atoms with Crippen molar-refractivity contribution >= 4 is 17.5 Å². The van der Waals surface area contributed by atoms with Crippen LogP contribution < -0.4 is 11.5 Å². The molecule has 2 rings (SSSR count). The summed E-state index contributed by atoms with van der Waals surface area (Å²) in [6.45, 7) is 1.09. The molecule has 1 fully saturated rings. The van der Waals surface area contributed by atoms with Gasteiger partial charge in [-0.2, -0.15) is 0 Å². The molecule has 6 heteroatoms. The maximum Gasteiger partial charge on any atom is 0.255 e. The summed E-state index contributed by atoms with van der Waals surface area (Å²) in [6, 6.07) is 1.61. The SMILES string of the molecule is NC(=O)C1CCN(C(=O)c2cncc(N)c2)CC1. The molecule has 6 nitrogen and oxygen atoms in total. The summed E-state index contributed by atoms with van der Waals surface area (Å²) in [5.41, 5.74) is 11.8. The third-order valence-corrected chi connectivity index (χ3v) is 3.19. The van der Waals surface area contributed by atoms with Crippen LogP contribution in [0.2, 0.25) is 0 Å². The van der Waals surface area contributed by atoms with E-state index in [-0.39, 0.29) is 17.7 Å². The molecule has 0 aliphatic carbocycles. The minimum atomic E-state index is -0.285. The summed E-state index contributed by atoms with van der Waals surface area (Å²) in [6.07, 6.45) is 4.24. The van der Waals surface area contributed by atoms with Crippen LogP contribution >= 0.6 is 0 Å². The van der Waals surface area contributed by atoms with E-state index in [2.05, 4.69) is 4.98 Å². The maximum absolute atomic E-state index is 12.1. The fourth-order valence-electron chi connectivity index (χ4n) is 2.12. The third-order valence-electron chi connectivity index (χ3n) is 3.19. The molecular weight excluding hydrogens is 232 g/mol. The molecule has 96 valence electrons. The van der Waals surface area contributed by atoms with Crippen LogP contribution in [-0.4, -0.2) is 34.8 Å². The van der Waals surface area contributed by atoms with Crippen molar-refractivity contribution in [1.29, 1.82) is 0 Å². The van der Waals surface area contributed by atoms with Crippen LogP contribution in [0.4, 0.5) is 5.69 Å². The van der Waals surface area contributed by atoms with Crippen LogP contribution in [0.5, 0.6) is 0 Å². The molecule has 18 heavy (non-hydrogen) atoms. The zero-order valence-electron chi connectivity index (χ0n) is 10.0. The summed E-state index contributed by atoms with van der Waals surface area (Å²) < 4.78 is 0. The number of nitrogens with two attached hydrogens (primary N) is 2. The first-order chi connectivity index (χ1) is 8.58. The standard InChI is InChI=1S/C12H16N4O2/c13-10-5-9(6-15-7-10)12(18)16-3-1-8(2-4-16)11(14)17/h5-8H,1-4,13H2,(H2,14,17). The molecule has 2 heterocycles.